The first kappa shape index (κ1) is 15.5. The zero-order valence-electron chi connectivity index (χ0n) is 12.2. The van der Waals surface area contributed by atoms with Gasteiger partial charge in [0, 0.05) is 6.04 Å². The molecule has 0 fully saturated rings. The molecule has 4 heteroatoms. The van der Waals surface area contributed by atoms with Crippen LogP contribution in [-0.4, -0.2) is 16.3 Å². The number of hydrogen-bond donors (Lipinski definition) is 1. The summed E-state index contributed by atoms with van der Waals surface area (Å²) >= 11 is 6.34. The van der Waals surface area contributed by atoms with Crippen LogP contribution in [0.1, 0.15) is 65.2 Å². The molecule has 0 aliphatic heterocycles. The van der Waals surface area contributed by atoms with E-state index in [4.69, 9.17) is 11.6 Å². The lowest BCUT2D eigenvalue weighted by Gasteiger charge is -2.27. The summed E-state index contributed by atoms with van der Waals surface area (Å²) in [7, 11) is 0. The minimum atomic E-state index is 0.285. The lowest BCUT2D eigenvalue weighted by atomic mass is 9.94. The van der Waals surface area contributed by atoms with Gasteiger partial charge in [-0.2, -0.15) is 5.10 Å². The van der Waals surface area contributed by atoms with Crippen molar-refractivity contribution in [2.75, 3.05) is 6.54 Å². The fraction of sp³-hybridized carbons (Fsp3) is 0.786. The highest BCUT2D eigenvalue weighted by atomic mass is 35.5. The van der Waals surface area contributed by atoms with Crippen LogP contribution in [-0.2, 0) is 0 Å². The van der Waals surface area contributed by atoms with Crippen LogP contribution >= 0.6 is 11.6 Å². The monoisotopic (exact) mass is 271 g/mol. The van der Waals surface area contributed by atoms with E-state index in [1.165, 1.54) is 12.8 Å². The highest BCUT2D eigenvalue weighted by Gasteiger charge is 2.25. The third kappa shape index (κ3) is 3.48. The summed E-state index contributed by atoms with van der Waals surface area (Å²) in [4.78, 5) is 0. The van der Waals surface area contributed by atoms with Gasteiger partial charge in [-0.3, -0.25) is 4.68 Å². The molecule has 0 bridgehead atoms. The largest absolute Gasteiger partial charge is 0.309 e. The van der Waals surface area contributed by atoms with E-state index in [1.807, 2.05) is 4.68 Å². The molecule has 0 spiro atoms. The minimum absolute atomic E-state index is 0.285. The van der Waals surface area contributed by atoms with Crippen LogP contribution in [0.3, 0.4) is 0 Å². The van der Waals surface area contributed by atoms with E-state index in [1.54, 1.807) is 6.20 Å². The average molecular weight is 272 g/mol. The SMILES string of the molecule is CCCC(C)C(NCC)c1c(Cl)cnn1C(C)C. The first-order chi connectivity index (χ1) is 8.52. The molecular formula is C14H26ClN3. The van der Waals surface area contributed by atoms with Gasteiger partial charge in [-0.25, -0.2) is 0 Å². The predicted molar refractivity (Wildman–Crippen MR) is 78.1 cm³/mol. The van der Waals surface area contributed by atoms with E-state index < -0.39 is 0 Å². The zero-order valence-corrected chi connectivity index (χ0v) is 13.0. The molecule has 1 rings (SSSR count). The summed E-state index contributed by atoms with van der Waals surface area (Å²) in [5.41, 5.74) is 1.13. The zero-order chi connectivity index (χ0) is 13.7. The Morgan fingerprint density at radius 3 is 2.50 bits per heavy atom. The number of halogens is 1. The van der Waals surface area contributed by atoms with Crippen LogP contribution < -0.4 is 5.32 Å². The maximum Gasteiger partial charge on any atom is 0.0834 e. The van der Waals surface area contributed by atoms with E-state index in [2.05, 4.69) is 45.0 Å². The van der Waals surface area contributed by atoms with Crippen molar-refractivity contribution in [3.8, 4) is 0 Å². The molecule has 18 heavy (non-hydrogen) atoms. The molecule has 0 saturated heterocycles. The molecule has 1 heterocycles. The smallest absolute Gasteiger partial charge is 0.0834 e. The lowest BCUT2D eigenvalue weighted by Crippen LogP contribution is -2.30. The number of nitrogens with one attached hydrogen (secondary N) is 1. The molecule has 2 unspecified atom stereocenters. The molecule has 0 amide bonds. The minimum Gasteiger partial charge on any atom is -0.309 e. The standard InChI is InChI=1S/C14H26ClN3/c1-6-8-11(5)13(16-7-2)14-12(15)9-17-18(14)10(3)4/h9-11,13,16H,6-8H2,1-5H3. The highest BCUT2D eigenvalue weighted by Crippen LogP contribution is 2.32. The van der Waals surface area contributed by atoms with Crippen molar-refractivity contribution in [3.05, 3.63) is 16.9 Å². The summed E-state index contributed by atoms with van der Waals surface area (Å²) in [6.45, 7) is 11.9. The first-order valence-electron chi connectivity index (χ1n) is 6.99. The van der Waals surface area contributed by atoms with Crippen LogP contribution in [0.25, 0.3) is 0 Å². The van der Waals surface area contributed by atoms with Gasteiger partial charge in [-0.05, 0) is 32.7 Å². The van der Waals surface area contributed by atoms with Crippen molar-refractivity contribution in [2.45, 2.75) is 59.5 Å². The van der Waals surface area contributed by atoms with E-state index >= 15 is 0 Å². The van der Waals surface area contributed by atoms with Gasteiger partial charge in [-0.15, -0.1) is 0 Å². The number of rotatable bonds is 7. The molecule has 3 nitrogen and oxygen atoms in total. The fourth-order valence-corrected chi connectivity index (χ4v) is 2.71. The molecule has 0 aliphatic carbocycles. The van der Waals surface area contributed by atoms with Gasteiger partial charge >= 0.3 is 0 Å². The van der Waals surface area contributed by atoms with Crippen LogP contribution in [0.2, 0.25) is 5.02 Å². The molecule has 0 radical (unpaired) electrons. The number of aromatic nitrogens is 2. The topological polar surface area (TPSA) is 29.9 Å². The summed E-state index contributed by atoms with van der Waals surface area (Å²) in [6.07, 6.45) is 4.15. The van der Waals surface area contributed by atoms with Gasteiger partial charge in [0.25, 0.3) is 0 Å². The third-order valence-electron chi connectivity index (χ3n) is 3.31. The van der Waals surface area contributed by atoms with Crippen LogP contribution in [0, 0.1) is 5.92 Å². The van der Waals surface area contributed by atoms with Gasteiger partial charge < -0.3 is 5.32 Å². The van der Waals surface area contributed by atoms with Gasteiger partial charge in [0.05, 0.1) is 23.0 Å². The fourth-order valence-electron chi connectivity index (χ4n) is 2.46. The third-order valence-corrected chi connectivity index (χ3v) is 3.60. The van der Waals surface area contributed by atoms with Gasteiger partial charge in [0.1, 0.15) is 0 Å². The Kier molecular flexibility index (Phi) is 6.16. The van der Waals surface area contributed by atoms with Crippen molar-refractivity contribution in [2.24, 2.45) is 5.92 Å². The second-order valence-electron chi connectivity index (χ2n) is 5.22. The maximum atomic E-state index is 6.34. The Hall–Kier alpha value is -0.540. The molecule has 104 valence electrons. The Bertz CT molecular complexity index is 360. The first-order valence-corrected chi connectivity index (χ1v) is 7.36. The van der Waals surface area contributed by atoms with Crippen LogP contribution in [0.4, 0.5) is 0 Å². The predicted octanol–water partition coefficient (Wildman–Crippen LogP) is 4.20. The Balaban J connectivity index is 3.08. The van der Waals surface area contributed by atoms with Crippen molar-refractivity contribution in [3.63, 3.8) is 0 Å². The summed E-state index contributed by atoms with van der Waals surface area (Å²) < 4.78 is 2.04. The van der Waals surface area contributed by atoms with Crippen molar-refractivity contribution in [1.29, 1.82) is 0 Å². The highest BCUT2D eigenvalue weighted by molar-refractivity contribution is 6.31. The van der Waals surface area contributed by atoms with Gasteiger partial charge in [0.15, 0.2) is 0 Å². The Morgan fingerprint density at radius 2 is 2.00 bits per heavy atom. The molecule has 1 N–H and O–H groups in total. The summed E-state index contributed by atoms with van der Waals surface area (Å²) in [6, 6.07) is 0.620. The Morgan fingerprint density at radius 1 is 1.33 bits per heavy atom. The van der Waals surface area contributed by atoms with E-state index in [0.29, 0.717) is 12.0 Å². The van der Waals surface area contributed by atoms with Crippen molar-refractivity contribution >= 4 is 11.6 Å². The summed E-state index contributed by atoms with van der Waals surface area (Å²) in [5.74, 6) is 0.557. The molecule has 2 atom stereocenters. The van der Waals surface area contributed by atoms with Crippen molar-refractivity contribution < 1.29 is 0 Å². The number of nitrogens with zero attached hydrogens (tertiary/aromatic N) is 2. The Labute approximate surface area is 116 Å². The molecule has 0 aromatic carbocycles. The second kappa shape index (κ2) is 7.15. The van der Waals surface area contributed by atoms with Crippen LogP contribution in [0.15, 0.2) is 6.20 Å². The van der Waals surface area contributed by atoms with E-state index in [-0.39, 0.29) is 6.04 Å². The van der Waals surface area contributed by atoms with Crippen molar-refractivity contribution in [1.82, 2.24) is 15.1 Å². The van der Waals surface area contributed by atoms with Gasteiger partial charge in [-0.1, -0.05) is 38.8 Å². The lowest BCUT2D eigenvalue weighted by molar-refractivity contribution is 0.339. The number of hydrogen-bond acceptors (Lipinski definition) is 2. The second-order valence-corrected chi connectivity index (χ2v) is 5.62. The summed E-state index contributed by atoms with van der Waals surface area (Å²) in [5, 5.41) is 8.74. The molecule has 1 aromatic rings. The molecular weight excluding hydrogens is 246 g/mol. The molecule has 0 saturated carbocycles. The normalized spacial score (nSPS) is 15.1. The molecule has 1 aromatic heterocycles. The quantitative estimate of drug-likeness (QED) is 0.805. The van der Waals surface area contributed by atoms with E-state index in [9.17, 15) is 0 Å². The van der Waals surface area contributed by atoms with E-state index in [0.717, 1.165) is 17.3 Å². The van der Waals surface area contributed by atoms with Crippen LogP contribution in [0.5, 0.6) is 0 Å². The maximum absolute atomic E-state index is 6.34. The van der Waals surface area contributed by atoms with Gasteiger partial charge in [0.2, 0.25) is 0 Å². The average Bonchev–Trinajstić information content (AvgIpc) is 2.68. The molecule has 0 aliphatic rings.